The number of thioether (sulfide) groups is 1. The second-order valence-corrected chi connectivity index (χ2v) is 1.99. The van der Waals surface area contributed by atoms with E-state index < -0.39 is 0 Å². The molecular formula is C4H7NOS. The maximum Gasteiger partial charge on any atom is 0.118 e. The molecule has 0 saturated heterocycles. The quantitative estimate of drug-likeness (QED) is 0.505. The molecule has 0 aromatic rings. The summed E-state index contributed by atoms with van der Waals surface area (Å²) in [5.41, 5.74) is 2.74. The van der Waals surface area contributed by atoms with Crippen LogP contribution in [-0.2, 0) is 4.84 Å². The fraction of sp³-hybridized carbons (Fsp3) is 0.500. The monoisotopic (exact) mass is 117 g/mol. The van der Waals surface area contributed by atoms with E-state index in [2.05, 4.69) is 5.48 Å². The van der Waals surface area contributed by atoms with Crippen molar-refractivity contribution in [3.05, 3.63) is 11.5 Å². The third-order valence-electron chi connectivity index (χ3n) is 0.623. The van der Waals surface area contributed by atoms with Crippen molar-refractivity contribution in [2.75, 3.05) is 12.5 Å². The average molecular weight is 117 g/mol. The standard InChI is InChI=1S/C4H7NOS/c1-2-5-6-4-7-3-1/h1,3,5H,2,4H2. The molecule has 0 aromatic carbocycles. The lowest BCUT2D eigenvalue weighted by Gasteiger charge is -1.93. The van der Waals surface area contributed by atoms with Gasteiger partial charge in [-0.1, -0.05) is 6.08 Å². The van der Waals surface area contributed by atoms with E-state index in [9.17, 15) is 0 Å². The number of nitrogens with one attached hydrogen (secondary N) is 1. The zero-order chi connectivity index (χ0) is 4.95. The minimum atomic E-state index is 0.719. The Labute approximate surface area is 46.9 Å². The van der Waals surface area contributed by atoms with E-state index in [-0.39, 0.29) is 0 Å². The highest BCUT2D eigenvalue weighted by molar-refractivity contribution is 8.01. The first-order chi connectivity index (χ1) is 3.50. The molecule has 1 N–H and O–H groups in total. The van der Waals surface area contributed by atoms with Crippen molar-refractivity contribution in [3.63, 3.8) is 0 Å². The lowest BCUT2D eigenvalue weighted by atomic mass is 10.7. The molecule has 0 amide bonds. The summed E-state index contributed by atoms with van der Waals surface area (Å²) >= 11 is 1.65. The summed E-state index contributed by atoms with van der Waals surface area (Å²) in [4.78, 5) is 4.84. The van der Waals surface area contributed by atoms with Gasteiger partial charge in [-0.05, 0) is 5.41 Å². The molecule has 0 fully saturated rings. The Hall–Kier alpha value is 0.01000. The summed E-state index contributed by atoms with van der Waals surface area (Å²) < 4.78 is 0. The Kier molecular flexibility index (Phi) is 2.26. The van der Waals surface area contributed by atoms with Crippen molar-refractivity contribution in [1.29, 1.82) is 0 Å². The highest BCUT2D eigenvalue weighted by atomic mass is 32.2. The van der Waals surface area contributed by atoms with E-state index in [1.807, 2.05) is 11.5 Å². The topological polar surface area (TPSA) is 21.3 Å². The van der Waals surface area contributed by atoms with Crippen LogP contribution in [0.5, 0.6) is 0 Å². The molecule has 0 spiro atoms. The summed E-state index contributed by atoms with van der Waals surface area (Å²) in [5, 5.41) is 2.03. The molecule has 1 rings (SSSR count). The van der Waals surface area contributed by atoms with E-state index in [0.29, 0.717) is 0 Å². The molecule has 40 valence electrons. The fourth-order valence-corrected chi connectivity index (χ4v) is 0.800. The van der Waals surface area contributed by atoms with Gasteiger partial charge >= 0.3 is 0 Å². The lowest BCUT2D eigenvalue weighted by Crippen LogP contribution is -2.11. The molecule has 0 saturated carbocycles. The number of hydroxylamine groups is 1. The summed E-state index contributed by atoms with van der Waals surface area (Å²) in [5.74, 6) is 0.719. The zero-order valence-electron chi connectivity index (χ0n) is 3.89. The van der Waals surface area contributed by atoms with E-state index in [0.717, 1.165) is 12.5 Å². The highest BCUT2D eigenvalue weighted by Crippen LogP contribution is 2.02. The van der Waals surface area contributed by atoms with Crippen LogP contribution < -0.4 is 5.48 Å². The maximum absolute atomic E-state index is 4.84. The predicted molar refractivity (Wildman–Crippen MR) is 30.7 cm³/mol. The van der Waals surface area contributed by atoms with Gasteiger partial charge in [0.2, 0.25) is 0 Å². The number of hydrogen-bond acceptors (Lipinski definition) is 3. The summed E-state index contributed by atoms with van der Waals surface area (Å²) in [7, 11) is 0. The van der Waals surface area contributed by atoms with Gasteiger partial charge in [-0.25, -0.2) is 0 Å². The Bertz CT molecular complexity index is 66.1. The van der Waals surface area contributed by atoms with Crippen molar-refractivity contribution < 1.29 is 4.84 Å². The molecule has 1 aliphatic rings. The molecule has 0 aliphatic carbocycles. The Morgan fingerprint density at radius 3 is 3.71 bits per heavy atom. The van der Waals surface area contributed by atoms with Crippen molar-refractivity contribution in [2.45, 2.75) is 0 Å². The average Bonchev–Trinajstić information content (AvgIpc) is 1.90. The molecule has 0 atom stereocenters. The van der Waals surface area contributed by atoms with Gasteiger partial charge in [0.05, 0.1) is 0 Å². The van der Waals surface area contributed by atoms with E-state index in [1.165, 1.54) is 0 Å². The number of rotatable bonds is 0. The van der Waals surface area contributed by atoms with Gasteiger partial charge in [-0.3, -0.25) is 4.84 Å². The maximum atomic E-state index is 4.84. The van der Waals surface area contributed by atoms with Gasteiger partial charge in [-0.2, -0.15) is 5.48 Å². The molecule has 7 heavy (non-hydrogen) atoms. The summed E-state index contributed by atoms with van der Waals surface area (Å²) in [6.45, 7) is 0.826. The molecule has 2 nitrogen and oxygen atoms in total. The van der Waals surface area contributed by atoms with Gasteiger partial charge < -0.3 is 0 Å². The molecule has 1 heterocycles. The molecule has 0 radical (unpaired) electrons. The summed E-state index contributed by atoms with van der Waals surface area (Å²) in [6.07, 6.45) is 2.03. The molecule has 0 unspecified atom stereocenters. The largest absolute Gasteiger partial charge is 0.290 e. The van der Waals surface area contributed by atoms with Gasteiger partial charge in [-0.15, -0.1) is 11.8 Å². The minimum Gasteiger partial charge on any atom is -0.290 e. The van der Waals surface area contributed by atoms with Crippen molar-refractivity contribution in [1.82, 2.24) is 5.48 Å². The lowest BCUT2D eigenvalue weighted by molar-refractivity contribution is 0.0891. The van der Waals surface area contributed by atoms with Crippen LogP contribution in [0, 0.1) is 0 Å². The van der Waals surface area contributed by atoms with Crippen LogP contribution >= 0.6 is 11.8 Å². The molecule has 0 aromatic heterocycles. The van der Waals surface area contributed by atoms with Crippen molar-refractivity contribution >= 4 is 11.8 Å². The Morgan fingerprint density at radius 2 is 2.71 bits per heavy atom. The second-order valence-electron chi connectivity index (χ2n) is 1.15. The smallest absolute Gasteiger partial charge is 0.118 e. The van der Waals surface area contributed by atoms with Crippen molar-refractivity contribution in [2.24, 2.45) is 0 Å². The van der Waals surface area contributed by atoms with Crippen LogP contribution in [0.2, 0.25) is 0 Å². The van der Waals surface area contributed by atoms with Crippen LogP contribution in [0.4, 0.5) is 0 Å². The first-order valence-electron chi connectivity index (χ1n) is 2.11. The van der Waals surface area contributed by atoms with Gasteiger partial charge in [0.15, 0.2) is 0 Å². The van der Waals surface area contributed by atoms with Crippen LogP contribution in [0.3, 0.4) is 0 Å². The van der Waals surface area contributed by atoms with Gasteiger partial charge in [0.1, 0.15) is 5.94 Å². The molecule has 1 aliphatic heterocycles. The van der Waals surface area contributed by atoms with Crippen LogP contribution in [0.15, 0.2) is 11.5 Å². The first kappa shape index (κ1) is 5.15. The number of hydrogen-bond donors (Lipinski definition) is 1. The highest BCUT2D eigenvalue weighted by Gasteiger charge is 1.86. The van der Waals surface area contributed by atoms with Gasteiger partial charge in [0, 0.05) is 6.54 Å². The van der Waals surface area contributed by atoms with Gasteiger partial charge in [0.25, 0.3) is 0 Å². The third kappa shape index (κ3) is 1.97. The van der Waals surface area contributed by atoms with E-state index in [4.69, 9.17) is 4.84 Å². The minimum absolute atomic E-state index is 0.719. The first-order valence-corrected chi connectivity index (χ1v) is 3.16. The predicted octanol–water partition coefficient (Wildman–Crippen LogP) is 0.726. The normalized spacial score (nSPS) is 21.7. The van der Waals surface area contributed by atoms with Crippen LogP contribution in [0.1, 0.15) is 0 Å². The van der Waals surface area contributed by atoms with Crippen LogP contribution in [-0.4, -0.2) is 12.5 Å². The molecule has 0 bridgehead atoms. The Balaban J connectivity index is 2.20. The molecule has 3 heteroatoms. The SMILES string of the molecule is C1=CSCONC1. The summed E-state index contributed by atoms with van der Waals surface area (Å²) in [6, 6.07) is 0. The van der Waals surface area contributed by atoms with Crippen LogP contribution in [0.25, 0.3) is 0 Å². The van der Waals surface area contributed by atoms with E-state index >= 15 is 0 Å². The second kappa shape index (κ2) is 3.07. The molecular weight excluding hydrogens is 110 g/mol. The van der Waals surface area contributed by atoms with Crippen molar-refractivity contribution in [3.8, 4) is 0 Å². The third-order valence-corrected chi connectivity index (χ3v) is 1.26. The Morgan fingerprint density at radius 1 is 1.71 bits per heavy atom. The fourth-order valence-electron chi connectivity index (χ4n) is 0.338. The zero-order valence-corrected chi connectivity index (χ0v) is 4.70. The van der Waals surface area contributed by atoms with E-state index in [1.54, 1.807) is 11.8 Å².